The maximum atomic E-state index is 4.13. The normalized spacial score (nSPS) is 13.8. The molecular formula is C18H41NSi2. The van der Waals surface area contributed by atoms with Gasteiger partial charge in [0, 0.05) is 0 Å². The van der Waals surface area contributed by atoms with E-state index in [1.807, 2.05) is 0 Å². The minimum Gasteiger partial charge on any atom is -0.325 e. The van der Waals surface area contributed by atoms with E-state index in [0.717, 1.165) is 16.6 Å². The van der Waals surface area contributed by atoms with Crippen molar-refractivity contribution in [2.45, 2.75) is 91.0 Å². The van der Waals surface area contributed by atoms with Crippen LogP contribution in [0.15, 0.2) is 12.3 Å². The maximum Gasteiger partial charge on any atom is 0.135 e. The molecule has 0 aromatic heterocycles. The summed E-state index contributed by atoms with van der Waals surface area (Å²) in [4.78, 5) is 0. The quantitative estimate of drug-likeness (QED) is 0.429. The van der Waals surface area contributed by atoms with Crippen LogP contribution in [0.1, 0.15) is 61.3 Å². The van der Waals surface area contributed by atoms with E-state index < -0.39 is 16.3 Å². The molecule has 0 heterocycles. The predicted molar refractivity (Wildman–Crippen MR) is 105 cm³/mol. The molecule has 0 radical (unpaired) electrons. The first kappa shape index (κ1) is 21.1. The first-order chi connectivity index (χ1) is 9.56. The Kier molecular flexibility index (Phi) is 8.74. The van der Waals surface area contributed by atoms with Crippen molar-refractivity contribution in [3.63, 3.8) is 0 Å². The molecule has 0 rings (SSSR count). The zero-order valence-electron chi connectivity index (χ0n) is 16.3. The average molecular weight is 328 g/mol. The monoisotopic (exact) mass is 327 g/mol. The van der Waals surface area contributed by atoms with E-state index in [2.05, 4.69) is 78.4 Å². The molecule has 0 aromatic carbocycles. The Labute approximate surface area is 137 Å². The number of hydrogen-bond donors (Lipinski definition) is 0. The van der Waals surface area contributed by atoms with E-state index in [1.165, 1.54) is 25.6 Å². The summed E-state index contributed by atoms with van der Waals surface area (Å²) in [6, 6.07) is 0. The molecule has 0 aliphatic carbocycles. The van der Waals surface area contributed by atoms with Crippen molar-refractivity contribution in [3.8, 4) is 0 Å². The van der Waals surface area contributed by atoms with Crippen molar-refractivity contribution in [1.82, 2.24) is 4.57 Å². The largest absolute Gasteiger partial charge is 0.325 e. The molecule has 126 valence electrons. The maximum absolute atomic E-state index is 4.13. The van der Waals surface area contributed by atoms with E-state index in [-0.39, 0.29) is 0 Å². The van der Waals surface area contributed by atoms with Gasteiger partial charge in [-0.2, -0.15) is 0 Å². The van der Waals surface area contributed by atoms with Crippen LogP contribution in [-0.2, 0) is 0 Å². The Morgan fingerprint density at radius 1 is 0.952 bits per heavy atom. The molecule has 0 spiro atoms. The molecule has 3 heteroatoms. The minimum absolute atomic E-state index is 0.809. The molecule has 0 aromatic rings. The standard InChI is InChI=1S/C18H41NSi2/c1-11-13-14-19(15-20(9,10)12-2)21(16(3)4,17(5)6)18(7)8/h12,16-18H,2,11,13-15H2,1,3-10H3. The van der Waals surface area contributed by atoms with Crippen molar-refractivity contribution in [1.29, 1.82) is 0 Å². The lowest BCUT2D eigenvalue weighted by Crippen LogP contribution is -2.63. The van der Waals surface area contributed by atoms with Crippen molar-refractivity contribution >= 4 is 16.3 Å². The lowest BCUT2D eigenvalue weighted by molar-refractivity contribution is 0.424. The van der Waals surface area contributed by atoms with E-state index in [9.17, 15) is 0 Å². The topological polar surface area (TPSA) is 3.24 Å². The van der Waals surface area contributed by atoms with Crippen molar-refractivity contribution in [2.75, 3.05) is 12.7 Å². The fraction of sp³-hybridized carbons (Fsp3) is 0.889. The summed E-state index contributed by atoms with van der Waals surface area (Å²) >= 11 is 0. The van der Waals surface area contributed by atoms with Gasteiger partial charge in [0.2, 0.25) is 0 Å². The third-order valence-electron chi connectivity index (χ3n) is 5.25. The number of rotatable bonds is 10. The molecular weight excluding hydrogens is 286 g/mol. The van der Waals surface area contributed by atoms with E-state index in [0.29, 0.717) is 0 Å². The van der Waals surface area contributed by atoms with Crippen LogP contribution in [0.25, 0.3) is 0 Å². The van der Waals surface area contributed by atoms with Gasteiger partial charge in [-0.1, -0.05) is 68.0 Å². The molecule has 0 aliphatic rings. The van der Waals surface area contributed by atoms with Crippen LogP contribution in [0.2, 0.25) is 29.7 Å². The first-order valence-electron chi connectivity index (χ1n) is 8.94. The molecule has 0 atom stereocenters. The molecule has 1 nitrogen and oxygen atoms in total. The highest BCUT2D eigenvalue weighted by molar-refractivity contribution is 6.86. The van der Waals surface area contributed by atoms with E-state index in [4.69, 9.17) is 0 Å². The van der Waals surface area contributed by atoms with Crippen molar-refractivity contribution < 1.29 is 0 Å². The van der Waals surface area contributed by atoms with Crippen molar-refractivity contribution in [3.05, 3.63) is 12.3 Å². The summed E-state index contributed by atoms with van der Waals surface area (Å²) in [6.07, 6.45) is 3.94. The smallest absolute Gasteiger partial charge is 0.135 e. The molecule has 21 heavy (non-hydrogen) atoms. The summed E-state index contributed by atoms with van der Waals surface area (Å²) in [7, 11) is -2.81. The summed E-state index contributed by atoms with van der Waals surface area (Å²) in [5.41, 5.74) is 4.71. The predicted octanol–water partition coefficient (Wildman–Crippen LogP) is 6.24. The van der Waals surface area contributed by atoms with E-state index >= 15 is 0 Å². The number of nitrogens with zero attached hydrogens (tertiary/aromatic N) is 1. The van der Waals surface area contributed by atoms with Crippen molar-refractivity contribution in [2.24, 2.45) is 0 Å². The van der Waals surface area contributed by atoms with Crippen LogP contribution in [-0.4, -0.2) is 33.6 Å². The summed E-state index contributed by atoms with van der Waals surface area (Å²) in [5.74, 6) is 0. The second kappa shape index (κ2) is 8.68. The summed E-state index contributed by atoms with van der Waals surface area (Å²) in [6.45, 7) is 27.6. The van der Waals surface area contributed by atoms with Crippen LogP contribution in [0.5, 0.6) is 0 Å². The van der Waals surface area contributed by atoms with Gasteiger partial charge in [-0.05, 0) is 35.8 Å². The van der Waals surface area contributed by atoms with Gasteiger partial charge in [-0.3, -0.25) is 0 Å². The zero-order valence-corrected chi connectivity index (χ0v) is 18.3. The molecule has 0 bridgehead atoms. The molecule has 0 saturated heterocycles. The first-order valence-corrected chi connectivity index (χ1v) is 14.4. The second-order valence-corrected chi connectivity index (χ2v) is 18.9. The molecule has 0 saturated carbocycles. The Morgan fingerprint density at radius 2 is 1.38 bits per heavy atom. The Balaban J connectivity index is 5.72. The highest BCUT2D eigenvalue weighted by Crippen LogP contribution is 2.44. The highest BCUT2D eigenvalue weighted by atomic mass is 28.3. The fourth-order valence-electron chi connectivity index (χ4n) is 4.41. The van der Waals surface area contributed by atoms with Gasteiger partial charge in [0.25, 0.3) is 0 Å². The Hall–Kier alpha value is 0.134. The van der Waals surface area contributed by atoms with Gasteiger partial charge in [0.05, 0.1) is 8.07 Å². The summed E-state index contributed by atoms with van der Waals surface area (Å²) in [5, 5.41) is 0. The zero-order chi connectivity index (χ0) is 16.8. The lowest BCUT2D eigenvalue weighted by Gasteiger charge is -2.53. The molecule has 0 N–H and O–H groups in total. The van der Waals surface area contributed by atoms with Gasteiger partial charge >= 0.3 is 0 Å². The van der Waals surface area contributed by atoms with Gasteiger partial charge in [-0.15, -0.1) is 12.3 Å². The van der Waals surface area contributed by atoms with Gasteiger partial charge in [-0.25, -0.2) is 0 Å². The highest BCUT2D eigenvalue weighted by Gasteiger charge is 2.48. The van der Waals surface area contributed by atoms with Gasteiger partial charge < -0.3 is 4.57 Å². The molecule has 0 aliphatic heterocycles. The molecule has 0 fully saturated rings. The Morgan fingerprint density at radius 3 is 1.67 bits per heavy atom. The second-order valence-electron chi connectivity index (χ2n) is 8.32. The fourth-order valence-corrected chi connectivity index (χ4v) is 14.7. The minimum atomic E-state index is -1.50. The van der Waals surface area contributed by atoms with Crippen LogP contribution >= 0.6 is 0 Å². The number of hydrogen-bond acceptors (Lipinski definition) is 1. The van der Waals surface area contributed by atoms with Gasteiger partial charge in [0.15, 0.2) is 0 Å². The number of unbranched alkanes of at least 4 members (excludes halogenated alkanes) is 1. The van der Waals surface area contributed by atoms with E-state index in [1.54, 1.807) is 0 Å². The Bertz CT molecular complexity index is 287. The van der Waals surface area contributed by atoms with Crippen LogP contribution in [0, 0.1) is 0 Å². The summed E-state index contributed by atoms with van der Waals surface area (Å²) < 4.78 is 2.99. The average Bonchev–Trinajstić information content (AvgIpc) is 2.34. The SMILES string of the molecule is C=C[Si](C)(C)CN(CCCC)[Si](C(C)C)(C(C)C)C(C)C. The third-order valence-corrected chi connectivity index (χ3v) is 14.9. The lowest BCUT2D eigenvalue weighted by atomic mass is 10.3. The van der Waals surface area contributed by atoms with Crippen LogP contribution in [0.4, 0.5) is 0 Å². The third kappa shape index (κ3) is 5.07. The molecule has 0 unspecified atom stereocenters. The van der Waals surface area contributed by atoms with Crippen LogP contribution < -0.4 is 0 Å². The van der Waals surface area contributed by atoms with Gasteiger partial charge in [0.1, 0.15) is 8.24 Å². The van der Waals surface area contributed by atoms with Crippen LogP contribution in [0.3, 0.4) is 0 Å². The molecule has 0 amide bonds.